The number of fused-ring (bicyclic) bond motifs is 6. The molecule has 0 aliphatic heterocycles. The molecule has 0 aromatic heterocycles. The molecule has 0 heterocycles. The van der Waals surface area contributed by atoms with Crippen molar-refractivity contribution in [1.82, 2.24) is 0 Å². The van der Waals surface area contributed by atoms with Crippen LogP contribution in [0.5, 0.6) is 0 Å². The summed E-state index contributed by atoms with van der Waals surface area (Å²) in [6.45, 7) is 0. The molecule has 0 spiro atoms. The summed E-state index contributed by atoms with van der Waals surface area (Å²) in [7, 11) is 0. The van der Waals surface area contributed by atoms with Gasteiger partial charge in [-0.05, 0) is 279 Å². The van der Waals surface area contributed by atoms with Crippen LogP contribution in [-0.4, -0.2) is 0 Å². The van der Waals surface area contributed by atoms with Crippen LogP contribution in [0.1, 0.15) is 0 Å². The maximum Gasteiger partial charge on any atom is -0.00201 e. The minimum atomic E-state index is 1.20. The third-order valence-corrected chi connectivity index (χ3v) is 23.1. The van der Waals surface area contributed by atoms with Gasteiger partial charge in [-0.3, -0.25) is 0 Å². The van der Waals surface area contributed by atoms with Crippen LogP contribution in [0.4, 0.5) is 0 Å². The maximum absolute atomic E-state index is 2.38. The topological polar surface area (TPSA) is 0 Å². The summed E-state index contributed by atoms with van der Waals surface area (Å²) < 4.78 is 0. The molecule has 0 fully saturated rings. The van der Waals surface area contributed by atoms with Gasteiger partial charge in [-0.25, -0.2) is 0 Å². The molecule has 0 radical (unpaired) electrons. The van der Waals surface area contributed by atoms with Gasteiger partial charge < -0.3 is 0 Å². The van der Waals surface area contributed by atoms with Crippen molar-refractivity contribution < 1.29 is 0 Å². The third-order valence-electron chi connectivity index (χ3n) is 23.1. The summed E-state index contributed by atoms with van der Waals surface area (Å²) in [5.74, 6) is 0. The van der Waals surface area contributed by atoms with Gasteiger partial charge in [0.05, 0.1) is 0 Å². The second-order valence-electron chi connectivity index (χ2n) is 28.9. The zero-order valence-corrected chi connectivity index (χ0v) is 58.0. The molecule has 23 rings (SSSR count). The molecule has 21 aromatic rings. The van der Waals surface area contributed by atoms with E-state index in [0.717, 1.165) is 0 Å². The van der Waals surface area contributed by atoms with Crippen molar-refractivity contribution in [3.8, 4) is 145 Å². The predicted octanol–water partition coefficient (Wildman–Crippen LogP) is 29.8. The second kappa shape index (κ2) is 23.9. The van der Waals surface area contributed by atoms with Crippen molar-refractivity contribution in [2.24, 2.45) is 0 Å². The summed E-state index contributed by atoms with van der Waals surface area (Å²) in [5, 5.41) is 21.1. The molecule has 2 aliphatic carbocycles. The van der Waals surface area contributed by atoms with Crippen molar-refractivity contribution in [1.29, 1.82) is 0 Å². The average Bonchev–Trinajstić information content (AvgIpc) is 1.50. The standard InChI is InChI=1S/C56H34.C50H30/c1-2-10-35(11-3-1)43-32-44(39-14-7-16-41(30-39)46-26-24-38-23-22-36-12-6-13-37-25-27-52(46)55(38)54(36)37)34-45(33-43)40-15-8-17-42(31-40)47-28-29-53-49-19-5-4-18-48(49)51-21-9-20-50(47)56(51)53;1-2-17-43-42(16-1)45-19-7-18-44-41(26-27-47(43)50(44)45)39-15-6-13-37(30-39)35-11-4-10-34(28-35)36-12-5-14-38(29-36)40-24-22-33-21-20-31-8-3-9-32-23-25-46(40)49(33)48(31)32/h1-34H;1-30H. The molecule has 106 heavy (non-hydrogen) atoms. The van der Waals surface area contributed by atoms with Crippen molar-refractivity contribution in [3.63, 3.8) is 0 Å². The van der Waals surface area contributed by atoms with Crippen LogP contribution in [0.3, 0.4) is 0 Å². The molecule has 0 saturated heterocycles. The molecule has 2 aliphatic rings. The summed E-state index contributed by atoms with van der Waals surface area (Å²) >= 11 is 0. The van der Waals surface area contributed by atoms with Crippen LogP contribution in [0.25, 0.3) is 231 Å². The van der Waals surface area contributed by atoms with Crippen LogP contribution in [0.15, 0.2) is 388 Å². The van der Waals surface area contributed by atoms with Gasteiger partial charge in [0.2, 0.25) is 0 Å². The van der Waals surface area contributed by atoms with Crippen LogP contribution in [0, 0.1) is 0 Å². The lowest BCUT2D eigenvalue weighted by atomic mass is 9.88. The molecule has 0 heteroatoms. The zero-order valence-electron chi connectivity index (χ0n) is 58.0. The van der Waals surface area contributed by atoms with Crippen molar-refractivity contribution in [2.75, 3.05) is 0 Å². The molecular weight excluding hydrogens is 1270 g/mol. The van der Waals surface area contributed by atoms with E-state index in [0.29, 0.717) is 0 Å². The second-order valence-corrected chi connectivity index (χ2v) is 28.9. The van der Waals surface area contributed by atoms with E-state index >= 15 is 0 Å². The highest BCUT2D eigenvalue weighted by Crippen LogP contribution is 2.52. The molecule has 0 unspecified atom stereocenters. The van der Waals surface area contributed by atoms with E-state index in [1.807, 2.05) is 0 Å². The fourth-order valence-electron chi connectivity index (χ4n) is 18.2. The fraction of sp³-hybridized carbons (Fsp3) is 0. The number of benzene rings is 21. The summed E-state index contributed by atoms with van der Waals surface area (Å²) in [4.78, 5) is 0. The molecular formula is C106H64. The molecule has 488 valence electrons. The van der Waals surface area contributed by atoms with Gasteiger partial charge in [0.1, 0.15) is 0 Å². The summed E-state index contributed by atoms with van der Waals surface area (Å²) in [6, 6.07) is 144. The normalized spacial score (nSPS) is 12.0. The fourth-order valence-corrected chi connectivity index (χ4v) is 18.2. The molecule has 21 aromatic carbocycles. The Bertz CT molecular complexity index is 7100. The number of rotatable bonds is 9. The van der Waals surface area contributed by atoms with E-state index < -0.39 is 0 Å². The van der Waals surface area contributed by atoms with E-state index in [4.69, 9.17) is 0 Å². The summed E-state index contributed by atoms with van der Waals surface area (Å²) in [5.41, 5.74) is 32.8. The lowest BCUT2D eigenvalue weighted by Gasteiger charge is -2.16. The average molecular weight is 1340 g/mol. The van der Waals surface area contributed by atoms with Crippen molar-refractivity contribution in [2.45, 2.75) is 0 Å². The highest BCUT2D eigenvalue weighted by atomic mass is 14.3. The minimum Gasteiger partial charge on any atom is -0.0622 e. The predicted molar refractivity (Wildman–Crippen MR) is 453 cm³/mol. The Morgan fingerprint density at radius 3 is 0.689 bits per heavy atom. The van der Waals surface area contributed by atoms with Gasteiger partial charge in [-0.2, -0.15) is 0 Å². The first-order valence-corrected chi connectivity index (χ1v) is 36.9. The van der Waals surface area contributed by atoms with Crippen molar-refractivity contribution in [3.05, 3.63) is 388 Å². The molecule has 0 bridgehead atoms. The largest absolute Gasteiger partial charge is 0.0622 e. The van der Waals surface area contributed by atoms with E-state index in [2.05, 4.69) is 388 Å². The molecule has 0 N–H and O–H groups in total. The highest BCUT2D eigenvalue weighted by Gasteiger charge is 2.25. The lowest BCUT2D eigenvalue weighted by Crippen LogP contribution is -1.89. The van der Waals surface area contributed by atoms with Crippen LogP contribution in [-0.2, 0) is 0 Å². The zero-order chi connectivity index (χ0) is 69.5. The number of hydrogen-bond donors (Lipinski definition) is 0. The Kier molecular flexibility index (Phi) is 13.5. The first kappa shape index (κ1) is 59.9. The van der Waals surface area contributed by atoms with Gasteiger partial charge in [-0.1, -0.05) is 340 Å². The van der Waals surface area contributed by atoms with Gasteiger partial charge >= 0.3 is 0 Å². The molecule has 0 saturated carbocycles. The molecule has 0 nitrogen and oxygen atoms in total. The van der Waals surface area contributed by atoms with Gasteiger partial charge in [0, 0.05) is 0 Å². The molecule has 0 atom stereocenters. The Morgan fingerprint density at radius 2 is 0.311 bits per heavy atom. The Hall–Kier alpha value is -13.8. The smallest absolute Gasteiger partial charge is 0.00201 e. The van der Waals surface area contributed by atoms with E-state index in [1.54, 1.807) is 0 Å². The quantitative estimate of drug-likeness (QED) is 0.126. The maximum atomic E-state index is 2.38. The number of hydrogen-bond acceptors (Lipinski definition) is 0. The molecule has 0 amide bonds. The van der Waals surface area contributed by atoms with Gasteiger partial charge in [0.25, 0.3) is 0 Å². The van der Waals surface area contributed by atoms with Gasteiger partial charge in [0.15, 0.2) is 0 Å². The third kappa shape index (κ3) is 9.55. The van der Waals surface area contributed by atoms with E-state index in [9.17, 15) is 0 Å². The first-order chi connectivity index (χ1) is 52.5. The summed E-state index contributed by atoms with van der Waals surface area (Å²) in [6.07, 6.45) is 0. The Balaban J connectivity index is 0.000000133. The van der Waals surface area contributed by atoms with Crippen molar-refractivity contribution >= 4 is 86.2 Å². The minimum absolute atomic E-state index is 1.20. The van der Waals surface area contributed by atoms with Crippen LogP contribution < -0.4 is 0 Å². The lowest BCUT2D eigenvalue weighted by molar-refractivity contribution is 1.56. The SMILES string of the molecule is c1cc(-c2cccc(-c3ccc4c5c(cccc35)-c3ccccc3-4)c2)cc(-c2cccc(-c3ccc4ccc5cccc6ccc3c4c56)c2)c1.c1ccc(-c2cc(-c3cccc(-c4ccc5c6c(cccc46)-c4ccccc4-5)c3)cc(-c3cccc(-c4ccc5ccc6cccc7ccc4c5c67)c3)c2)cc1. The Morgan fingerprint density at radius 1 is 0.0943 bits per heavy atom. The van der Waals surface area contributed by atoms with Gasteiger partial charge in [-0.15, -0.1) is 0 Å². The van der Waals surface area contributed by atoms with Crippen LogP contribution in [0.2, 0.25) is 0 Å². The highest BCUT2D eigenvalue weighted by molar-refractivity contribution is 6.27. The Labute approximate surface area is 615 Å². The monoisotopic (exact) mass is 1340 g/mol. The van der Waals surface area contributed by atoms with E-state index in [-0.39, 0.29) is 0 Å². The first-order valence-electron chi connectivity index (χ1n) is 36.9. The van der Waals surface area contributed by atoms with Crippen LogP contribution >= 0.6 is 0 Å². The van der Waals surface area contributed by atoms with E-state index in [1.165, 1.54) is 231 Å².